The maximum absolute atomic E-state index is 12.3. The second kappa shape index (κ2) is 8.21. The van der Waals surface area contributed by atoms with Crippen LogP contribution in [0.4, 0.5) is 0 Å². The Morgan fingerprint density at radius 3 is 2.35 bits per heavy atom. The van der Waals surface area contributed by atoms with Crippen LogP contribution in [0, 0.1) is 17.2 Å². The summed E-state index contributed by atoms with van der Waals surface area (Å²) in [5.41, 5.74) is 0.184. The first kappa shape index (κ1) is 16.0. The summed E-state index contributed by atoms with van der Waals surface area (Å²) in [4.78, 5) is 15.9. The molecule has 0 bridgehead atoms. The first-order valence-corrected chi connectivity index (χ1v) is 6.99. The molecule has 108 valence electrons. The fourth-order valence-corrected chi connectivity index (χ4v) is 2.19. The minimum atomic E-state index is -0.258. The number of piperidine rings is 1. The molecule has 1 heterocycles. The first-order valence-electron chi connectivity index (χ1n) is 6.99. The lowest BCUT2D eigenvalue weighted by atomic mass is 9.99. The maximum atomic E-state index is 12.3. The molecule has 0 aliphatic carbocycles. The highest BCUT2D eigenvalue weighted by Gasteiger charge is 2.19. The summed E-state index contributed by atoms with van der Waals surface area (Å²) in [5, 5.41) is 9.22. The summed E-state index contributed by atoms with van der Waals surface area (Å²) in [6, 6.07) is 2.02. The van der Waals surface area contributed by atoms with E-state index in [1.54, 1.807) is 23.3 Å². The van der Waals surface area contributed by atoms with Gasteiger partial charge in [-0.2, -0.15) is 5.26 Å². The summed E-state index contributed by atoms with van der Waals surface area (Å²) in [5.74, 6) is 0.463. The van der Waals surface area contributed by atoms with Gasteiger partial charge in [0.15, 0.2) is 0 Å². The Labute approximate surface area is 121 Å². The van der Waals surface area contributed by atoms with Crippen LogP contribution in [-0.2, 0) is 4.79 Å². The van der Waals surface area contributed by atoms with E-state index < -0.39 is 0 Å². The average molecular weight is 273 g/mol. The van der Waals surface area contributed by atoms with Gasteiger partial charge in [0.2, 0.25) is 0 Å². The zero-order chi connectivity index (χ0) is 15.0. The highest BCUT2D eigenvalue weighted by atomic mass is 16.2. The lowest BCUT2D eigenvalue weighted by molar-refractivity contribution is -0.125. The van der Waals surface area contributed by atoms with E-state index in [4.69, 9.17) is 0 Å². The standard InChI is InChI=1S/C16H23N3O/c1-4-8-19(9-5-2)16(20)15(12-17)13-18-10-6-14(3)7-11-18/h4-5,13-14H,1-2,6-11H2,3H3/b15-13-. The van der Waals surface area contributed by atoms with E-state index in [2.05, 4.69) is 25.0 Å². The Hall–Kier alpha value is -2.02. The number of nitrogens with zero attached hydrogens (tertiary/aromatic N) is 3. The number of hydrogen-bond donors (Lipinski definition) is 0. The van der Waals surface area contributed by atoms with Gasteiger partial charge in [-0.1, -0.05) is 19.1 Å². The lowest BCUT2D eigenvalue weighted by Crippen LogP contribution is -2.34. The second-order valence-corrected chi connectivity index (χ2v) is 5.16. The van der Waals surface area contributed by atoms with Gasteiger partial charge < -0.3 is 9.80 Å². The SMILES string of the molecule is C=CCN(CC=C)C(=O)/C(C#N)=C\N1CCC(C)CC1. The van der Waals surface area contributed by atoms with Crippen molar-refractivity contribution < 1.29 is 4.79 Å². The van der Waals surface area contributed by atoms with Crippen LogP contribution in [-0.4, -0.2) is 41.9 Å². The molecule has 1 amide bonds. The third-order valence-electron chi connectivity index (χ3n) is 3.47. The van der Waals surface area contributed by atoms with Crippen molar-refractivity contribution in [2.75, 3.05) is 26.2 Å². The molecular weight excluding hydrogens is 250 g/mol. The molecular formula is C16H23N3O. The molecule has 0 unspecified atom stereocenters. The van der Waals surface area contributed by atoms with Crippen molar-refractivity contribution in [3.05, 3.63) is 37.1 Å². The van der Waals surface area contributed by atoms with Crippen molar-refractivity contribution in [1.82, 2.24) is 9.80 Å². The molecule has 0 aromatic carbocycles. The smallest absolute Gasteiger partial charge is 0.266 e. The van der Waals surface area contributed by atoms with Gasteiger partial charge in [0, 0.05) is 32.4 Å². The third-order valence-corrected chi connectivity index (χ3v) is 3.47. The summed E-state index contributed by atoms with van der Waals surface area (Å²) >= 11 is 0. The van der Waals surface area contributed by atoms with E-state index in [0.29, 0.717) is 13.1 Å². The number of hydrogen-bond acceptors (Lipinski definition) is 3. The van der Waals surface area contributed by atoms with Crippen LogP contribution in [0.1, 0.15) is 19.8 Å². The number of nitriles is 1. The molecule has 1 saturated heterocycles. The molecule has 0 radical (unpaired) electrons. The van der Waals surface area contributed by atoms with Crippen LogP contribution >= 0.6 is 0 Å². The van der Waals surface area contributed by atoms with Gasteiger partial charge in [-0.15, -0.1) is 13.2 Å². The first-order chi connectivity index (χ1) is 9.62. The number of carbonyl (C=O) groups excluding carboxylic acids is 1. The van der Waals surface area contributed by atoms with Gasteiger partial charge in [-0.3, -0.25) is 4.79 Å². The zero-order valence-electron chi connectivity index (χ0n) is 12.2. The molecule has 0 saturated carbocycles. The molecule has 1 aliphatic heterocycles. The Morgan fingerprint density at radius 2 is 1.90 bits per heavy atom. The van der Waals surface area contributed by atoms with Crippen LogP contribution in [0.2, 0.25) is 0 Å². The molecule has 0 aromatic heterocycles. The molecule has 1 aliphatic rings. The minimum absolute atomic E-state index is 0.184. The maximum Gasteiger partial charge on any atom is 0.266 e. The van der Waals surface area contributed by atoms with Gasteiger partial charge in [-0.05, 0) is 18.8 Å². The zero-order valence-corrected chi connectivity index (χ0v) is 12.2. The topological polar surface area (TPSA) is 47.3 Å². The van der Waals surface area contributed by atoms with Gasteiger partial charge in [0.1, 0.15) is 11.6 Å². The largest absolute Gasteiger partial charge is 0.376 e. The molecule has 1 rings (SSSR count). The van der Waals surface area contributed by atoms with Crippen LogP contribution < -0.4 is 0 Å². The predicted molar refractivity (Wildman–Crippen MR) is 80.6 cm³/mol. The van der Waals surface area contributed by atoms with Crippen molar-refractivity contribution in [2.45, 2.75) is 19.8 Å². The quantitative estimate of drug-likeness (QED) is 0.424. The van der Waals surface area contributed by atoms with Gasteiger partial charge in [-0.25, -0.2) is 0 Å². The summed E-state index contributed by atoms with van der Waals surface area (Å²) in [7, 11) is 0. The predicted octanol–water partition coefficient (Wildman–Crippen LogP) is 2.33. The summed E-state index contributed by atoms with van der Waals surface area (Å²) in [6.07, 6.45) is 7.21. The summed E-state index contributed by atoms with van der Waals surface area (Å²) in [6.45, 7) is 12.1. The van der Waals surface area contributed by atoms with E-state index in [1.807, 2.05) is 6.07 Å². The lowest BCUT2D eigenvalue weighted by Gasteiger charge is -2.29. The molecule has 0 aromatic rings. The number of carbonyl (C=O) groups is 1. The van der Waals surface area contributed by atoms with Crippen molar-refractivity contribution in [2.24, 2.45) is 5.92 Å². The average Bonchev–Trinajstić information content (AvgIpc) is 2.46. The Kier molecular flexibility index (Phi) is 6.58. The van der Waals surface area contributed by atoms with Crippen molar-refractivity contribution >= 4 is 5.91 Å². The van der Waals surface area contributed by atoms with Gasteiger partial charge in [0.25, 0.3) is 5.91 Å². The van der Waals surface area contributed by atoms with Crippen LogP contribution in [0.25, 0.3) is 0 Å². The highest BCUT2D eigenvalue weighted by Crippen LogP contribution is 2.17. The fourth-order valence-electron chi connectivity index (χ4n) is 2.19. The Bertz CT molecular complexity index is 415. The van der Waals surface area contributed by atoms with Crippen LogP contribution in [0.15, 0.2) is 37.1 Å². The van der Waals surface area contributed by atoms with E-state index in [0.717, 1.165) is 31.8 Å². The highest BCUT2D eigenvalue weighted by molar-refractivity contribution is 5.97. The van der Waals surface area contributed by atoms with Crippen molar-refractivity contribution in [3.63, 3.8) is 0 Å². The minimum Gasteiger partial charge on any atom is -0.376 e. The molecule has 0 atom stereocenters. The molecule has 1 fully saturated rings. The van der Waals surface area contributed by atoms with Gasteiger partial charge >= 0.3 is 0 Å². The van der Waals surface area contributed by atoms with E-state index >= 15 is 0 Å². The van der Waals surface area contributed by atoms with Crippen molar-refractivity contribution in [3.8, 4) is 6.07 Å². The molecule has 4 nitrogen and oxygen atoms in total. The van der Waals surface area contributed by atoms with E-state index in [-0.39, 0.29) is 11.5 Å². The van der Waals surface area contributed by atoms with E-state index in [9.17, 15) is 10.1 Å². The monoisotopic (exact) mass is 273 g/mol. The normalized spacial score (nSPS) is 16.4. The Morgan fingerprint density at radius 1 is 1.35 bits per heavy atom. The number of amides is 1. The van der Waals surface area contributed by atoms with Gasteiger partial charge in [0.05, 0.1) is 0 Å². The molecule has 0 spiro atoms. The van der Waals surface area contributed by atoms with Crippen molar-refractivity contribution in [1.29, 1.82) is 5.26 Å². The molecule has 20 heavy (non-hydrogen) atoms. The van der Waals surface area contributed by atoms with Crippen LogP contribution in [0.3, 0.4) is 0 Å². The molecule has 4 heteroatoms. The Balaban J connectivity index is 2.77. The van der Waals surface area contributed by atoms with Crippen LogP contribution in [0.5, 0.6) is 0 Å². The van der Waals surface area contributed by atoms with E-state index in [1.165, 1.54) is 0 Å². The fraction of sp³-hybridized carbons (Fsp3) is 0.500. The number of rotatable bonds is 6. The third kappa shape index (κ3) is 4.58. The second-order valence-electron chi connectivity index (χ2n) is 5.16. The number of likely N-dealkylation sites (tertiary alicyclic amines) is 1. The molecule has 0 N–H and O–H groups in total. The summed E-state index contributed by atoms with van der Waals surface area (Å²) < 4.78 is 0.